The molecular formula is C11H16FN3O. The smallest absolute Gasteiger partial charge is 0.146 e. The van der Waals surface area contributed by atoms with Gasteiger partial charge in [-0.1, -0.05) is 11.2 Å². The van der Waals surface area contributed by atoms with E-state index in [1.165, 1.54) is 6.07 Å². The maximum absolute atomic E-state index is 13.5. The number of amidine groups is 1. The van der Waals surface area contributed by atoms with Crippen LogP contribution in [0.4, 0.5) is 10.1 Å². The van der Waals surface area contributed by atoms with Gasteiger partial charge < -0.3 is 16.3 Å². The minimum atomic E-state index is -0.300. The van der Waals surface area contributed by atoms with Crippen molar-refractivity contribution in [2.75, 3.05) is 5.32 Å². The molecule has 0 saturated heterocycles. The molecule has 0 bridgehead atoms. The maximum atomic E-state index is 13.5. The molecular weight excluding hydrogens is 209 g/mol. The average Bonchev–Trinajstić information content (AvgIpc) is 2.22. The van der Waals surface area contributed by atoms with Crippen LogP contribution in [0, 0.1) is 12.7 Å². The van der Waals surface area contributed by atoms with Gasteiger partial charge in [0.15, 0.2) is 0 Å². The van der Waals surface area contributed by atoms with E-state index in [2.05, 4.69) is 10.5 Å². The second-order valence-electron chi connectivity index (χ2n) is 3.82. The van der Waals surface area contributed by atoms with E-state index in [9.17, 15) is 4.39 Å². The predicted octanol–water partition coefficient (Wildman–Crippen LogP) is 2.07. The van der Waals surface area contributed by atoms with E-state index in [1.54, 1.807) is 6.07 Å². The lowest BCUT2D eigenvalue weighted by molar-refractivity contribution is 0.316. The molecule has 4 nitrogen and oxygen atoms in total. The lowest BCUT2D eigenvalue weighted by Gasteiger charge is -2.15. The largest absolute Gasteiger partial charge is 0.409 e. The normalized spacial score (nSPS) is 13.6. The van der Waals surface area contributed by atoms with Gasteiger partial charge in [-0.2, -0.15) is 0 Å². The summed E-state index contributed by atoms with van der Waals surface area (Å²) in [6, 6.07) is 4.85. The summed E-state index contributed by atoms with van der Waals surface area (Å²) in [5.74, 6) is -0.182. The van der Waals surface area contributed by atoms with Crippen molar-refractivity contribution in [2.24, 2.45) is 10.9 Å². The van der Waals surface area contributed by atoms with Crippen LogP contribution in [0.15, 0.2) is 23.4 Å². The summed E-state index contributed by atoms with van der Waals surface area (Å²) in [5, 5.41) is 14.2. The first kappa shape index (κ1) is 12.3. The second-order valence-corrected chi connectivity index (χ2v) is 3.82. The van der Waals surface area contributed by atoms with Gasteiger partial charge in [-0.15, -0.1) is 0 Å². The number of hydrogen-bond acceptors (Lipinski definition) is 3. The lowest BCUT2D eigenvalue weighted by Crippen LogP contribution is -2.24. The topological polar surface area (TPSA) is 70.6 Å². The van der Waals surface area contributed by atoms with Crippen molar-refractivity contribution in [3.05, 3.63) is 29.6 Å². The molecule has 5 heteroatoms. The number of oxime groups is 1. The van der Waals surface area contributed by atoms with E-state index in [-0.39, 0.29) is 17.7 Å². The van der Waals surface area contributed by atoms with Gasteiger partial charge in [0.1, 0.15) is 11.7 Å². The summed E-state index contributed by atoms with van der Waals surface area (Å²) in [7, 11) is 0. The van der Waals surface area contributed by atoms with E-state index in [0.717, 1.165) is 5.56 Å². The lowest BCUT2D eigenvalue weighted by atomic mass is 10.1. The Kier molecular flexibility index (Phi) is 4.10. The van der Waals surface area contributed by atoms with E-state index >= 15 is 0 Å². The van der Waals surface area contributed by atoms with Gasteiger partial charge in [0.05, 0.1) is 5.69 Å². The first-order chi connectivity index (χ1) is 7.52. The number of nitrogens with one attached hydrogen (secondary N) is 1. The van der Waals surface area contributed by atoms with Crippen molar-refractivity contribution in [3.8, 4) is 0 Å². The number of hydrogen-bond donors (Lipinski definition) is 3. The summed E-state index contributed by atoms with van der Waals surface area (Å²) < 4.78 is 13.5. The molecule has 0 spiro atoms. The van der Waals surface area contributed by atoms with Crippen molar-refractivity contribution in [2.45, 2.75) is 26.3 Å². The Morgan fingerprint density at radius 3 is 2.88 bits per heavy atom. The van der Waals surface area contributed by atoms with Gasteiger partial charge >= 0.3 is 0 Å². The molecule has 16 heavy (non-hydrogen) atoms. The van der Waals surface area contributed by atoms with Crippen LogP contribution in [-0.2, 0) is 0 Å². The number of rotatable bonds is 4. The van der Waals surface area contributed by atoms with E-state index in [1.807, 2.05) is 19.9 Å². The number of anilines is 1. The molecule has 1 aromatic rings. The summed E-state index contributed by atoms with van der Waals surface area (Å²) in [6.07, 6.45) is 0.351. The van der Waals surface area contributed by atoms with Crippen LogP contribution in [0.25, 0.3) is 0 Å². The molecule has 0 heterocycles. The first-order valence-corrected chi connectivity index (χ1v) is 5.02. The Labute approximate surface area is 94.0 Å². The van der Waals surface area contributed by atoms with E-state index < -0.39 is 0 Å². The summed E-state index contributed by atoms with van der Waals surface area (Å²) in [4.78, 5) is 0. The molecule has 0 saturated carbocycles. The highest BCUT2D eigenvalue weighted by Crippen LogP contribution is 2.16. The third-order valence-corrected chi connectivity index (χ3v) is 2.17. The molecule has 1 aromatic carbocycles. The SMILES string of the molecule is Cc1ccc(NC(C)CC(N)=NO)c(F)c1. The number of halogens is 1. The first-order valence-electron chi connectivity index (χ1n) is 5.02. The van der Waals surface area contributed by atoms with Gasteiger partial charge in [0, 0.05) is 12.5 Å². The standard InChI is InChI=1S/C11H16FN3O/c1-7-3-4-10(9(12)5-7)14-8(2)6-11(13)15-16/h3-5,8,14,16H,6H2,1-2H3,(H2,13,15). The molecule has 0 radical (unpaired) electrons. The fraction of sp³-hybridized carbons (Fsp3) is 0.364. The second kappa shape index (κ2) is 5.34. The molecule has 1 atom stereocenters. The monoisotopic (exact) mass is 225 g/mol. The minimum absolute atomic E-state index is 0.104. The Hall–Kier alpha value is -1.78. The molecule has 0 aromatic heterocycles. The molecule has 4 N–H and O–H groups in total. The van der Waals surface area contributed by atoms with Crippen LogP contribution in [-0.4, -0.2) is 17.1 Å². The van der Waals surface area contributed by atoms with Crippen LogP contribution >= 0.6 is 0 Å². The predicted molar refractivity (Wildman–Crippen MR) is 62.2 cm³/mol. The van der Waals surface area contributed by atoms with Gasteiger partial charge in [-0.3, -0.25) is 0 Å². The van der Waals surface area contributed by atoms with Gasteiger partial charge in [-0.25, -0.2) is 4.39 Å². The molecule has 0 fully saturated rings. The van der Waals surface area contributed by atoms with Crippen molar-refractivity contribution < 1.29 is 9.60 Å². The zero-order valence-electron chi connectivity index (χ0n) is 9.37. The molecule has 0 amide bonds. The summed E-state index contributed by atoms with van der Waals surface area (Å²) in [5.41, 5.74) is 6.64. The number of benzene rings is 1. The van der Waals surface area contributed by atoms with E-state index in [4.69, 9.17) is 10.9 Å². The third kappa shape index (κ3) is 3.42. The van der Waals surface area contributed by atoms with Gasteiger partial charge in [-0.05, 0) is 31.5 Å². The van der Waals surface area contributed by atoms with Crippen molar-refractivity contribution in [1.29, 1.82) is 0 Å². The van der Waals surface area contributed by atoms with Crippen molar-refractivity contribution >= 4 is 11.5 Å². The number of nitrogens with two attached hydrogens (primary N) is 1. The van der Waals surface area contributed by atoms with Crippen LogP contribution in [0.1, 0.15) is 18.9 Å². The molecule has 0 aliphatic rings. The molecule has 0 aliphatic carbocycles. The Bertz CT molecular complexity index is 393. The van der Waals surface area contributed by atoms with Crippen molar-refractivity contribution in [1.82, 2.24) is 0 Å². The molecule has 88 valence electrons. The Morgan fingerprint density at radius 2 is 2.31 bits per heavy atom. The summed E-state index contributed by atoms with van der Waals surface area (Å²) >= 11 is 0. The molecule has 1 unspecified atom stereocenters. The summed E-state index contributed by atoms with van der Waals surface area (Å²) in [6.45, 7) is 3.66. The van der Waals surface area contributed by atoms with Crippen LogP contribution in [0.5, 0.6) is 0 Å². The number of aryl methyl sites for hydroxylation is 1. The Balaban J connectivity index is 2.66. The maximum Gasteiger partial charge on any atom is 0.146 e. The molecule has 0 aliphatic heterocycles. The fourth-order valence-corrected chi connectivity index (χ4v) is 1.41. The highest BCUT2D eigenvalue weighted by atomic mass is 19.1. The quantitative estimate of drug-likeness (QED) is 0.318. The highest BCUT2D eigenvalue weighted by molar-refractivity contribution is 5.80. The zero-order chi connectivity index (χ0) is 12.1. The van der Waals surface area contributed by atoms with E-state index in [0.29, 0.717) is 12.1 Å². The average molecular weight is 225 g/mol. The van der Waals surface area contributed by atoms with Crippen LogP contribution < -0.4 is 11.1 Å². The van der Waals surface area contributed by atoms with Crippen LogP contribution in [0.3, 0.4) is 0 Å². The highest BCUT2D eigenvalue weighted by Gasteiger charge is 2.08. The molecule has 1 rings (SSSR count). The van der Waals surface area contributed by atoms with Gasteiger partial charge in [0.2, 0.25) is 0 Å². The third-order valence-electron chi connectivity index (χ3n) is 2.17. The number of nitrogens with zero attached hydrogens (tertiary/aromatic N) is 1. The Morgan fingerprint density at radius 1 is 1.62 bits per heavy atom. The van der Waals surface area contributed by atoms with Crippen LogP contribution in [0.2, 0.25) is 0 Å². The minimum Gasteiger partial charge on any atom is -0.409 e. The van der Waals surface area contributed by atoms with Crippen molar-refractivity contribution in [3.63, 3.8) is 0 Å². The zero-order valence-corrected chi connectivity index (χ0v) is 9.37. The fourth-order valence-electron chi connectivity index (χ4n) is 1.41. The van der Waals surface area contributed by atoms with Gasteiger partial charge in [0.25, 0.3) is 0 Å².